The third kappa shape index (κ3) is 6.43. The minimum absolute atomic E-state index is 0.0163. The number of nitro groups is 1. The Balaban J connectivity index is 1.57. The molecule has 0 atom stereocenters. The molecule has 0 bridgehead atoms. The average Bonchev–Trinajstić information content (AvgIpc) is 3.30. The zero-order valence-corrected chi connectivity index (χ0v) is 20.3. The van der Waals surface area contributed by atoms with E-state index in [1.54, 1.807) is 17.0 Å². The molecule has 1 N–H and O–H groups in total. The van der Waals surface area contributed by atoms with Gasteiger partial charge in [-0.1, -0.05) is 13.8 Å². The summed E-state index contributed by atoms with van der Waals surface area (Å²) in [5.41, 5.74) is 0.878. The van der Waals surface area contributed by atoms with Crippen LogP contribution in [0.3, 0.4) is 0 Å². The Labute approximate surface area is 196 Å². The van der Waals surface area contributed by atoms with Gasteiger partial charge >= 0.3 is 0 Å². The van der Waals surface area contributed by atoms with E-state index in [0.29, 0.717) is 43.7 Å². The van der Waals surface area contributed by atoms with E-state index in [-0.39, 0.29) is 28.8 Å². The van der Waals surface area contributed by atoms with Gasteiger partial charge in [-0.2, -0.15) is 0 Å². The van der Waals surface area contributed by atoms with E-state index in [2.05, 4.69) is 24.1 Å². The number of carbonyl (C=O) groups is 2. The Morgan fingerprint density at radius 3 is 2.36 bits per heavy atom. The van der Waals surface area contributed by atoms with Gasteiger partial charge in [0.05, 0.1) is 4.92 Å². The van der Waals surface area contributed by atoms with E-state index < -0.39 is 4.92 Å². The van der Waals surface area contributed by atoms with E-state index in [1.807, 2.05) is 19.0 Å². The molecule has 0 spiro atoms. The summed E-state index contributed by atoms with van der Waals surface area (Å²) in [6.45, 7) is 8.29. The number of hydrogen-bond donors (Lipinski definition) is 1. The number of anilines is 1. The van der Waals surface area contributed by atoms with Gasteiger partial charge in [-0.3, -0.25) is 19.7 Å². The van der Waals surface area contributed by atoms with Crippen molar-refractivity contribution in [1.29, 1.82) is 0 Å². The third-order valence-corrected chi connectivity index (χ3v) is 6.50. The first-order chi connectivity index (χ1) is 15.6. The second-order valence-corrected chi connectivity index (χ2v) is 10.3. The molecule has 2 aliphatic rings. The van der Waals surface area contributed by atoms with Gasteiger partial charge in [0.2, 0.25) is 5.91 Å². The first kappa shape index (κ1) is 25.0. The highest BCUT2D eigenvalue weighted by molar-refractivity contribution is 5.96. The maximum Gasteiger partial charge on any atom is 0.293 e. The number of piperidine rings is 1. The van der Waals surface area contributed by atoms with Crippen LogP contribution in [-0.4, -0.2) is 79.9 Å². The zero-order valence-electron chi connectivity index (χ0n) is 20.3. The summed E-state index contributed by atoms with van der Waals surface area (Å²) in [5, 5.41) is 14.7. The summed E-state index contributed by atoms with van der Waals surface area (Å²) in [7, 11) is 4.04. The van der Waals surface area contributed by atoms with Gasteiger partial charge in [-0.05, 0) is 57.3 Å². The number of nitrogens with zero attached hydrogens (tertiary/aromatic N) is 4. The minimum Gasteiger partial charge on any atom is -0.366 e. The molecule has 9 nitrogen and oxygen atoms in total. The van der Waals surface area contributed by atoms with Crippen molar-refractivity contribution in [3.8, 4) is 0 Å². The van der Waals surface area contributed by atoms with Crippen molar-refractivity contribution < 1.29 is 14.5 Å². The van der Waals surface area contributed by atoms with Crippen LogP contribution in [0.1, 0.15) is 49.9 Å². The molecule has 0 aromatic heterocycles. The standard InChI is InChI=1S/C24H37N5O4/c1-24(2,17-26(3)4)16-25-22(30)18-9-13-28(14-10-18)23(31)19-7-8-20(21(15-19)29(32)33)27-11-5-6-12-27/h7-8,15,18H,5-6,9-14,16-17H2,1-4H3,(H,25,30). The number of carbonyl (C=O) groups excluding carboxylic acids is 2. The summed E-state index contributed by atoms with van der Waals surface area (Å²) in [6, 6.07) is 4.79. The lowest BCUT2D eigenvalue weighted by Crippen LogP contribution is -2.46. The highest BCUT2D eigenvalue weighted by atomic mass is 16.6. The quantitative estimate of drug-likeness (QED) is 0.474. The molecule has 0 saturated carbocycles. The molecule has 2 fully saturated rings. The first-order valence-corrected chi connectivity index (χ1v) is 11.8. The smallest absolute Gasteiger partial charge is 0.293 e. The molecule has 3 rings (SSSR count). The average molecular weight is 460 g/mol. The summed E-state index contributed by atoms with van der Waals surface area (Å²) in [4.78, 5) is 42.7. The van der Waals surface area contributed by atoms with Crippen molar-refractivity contribution in [3.63, 3.8) is 0 Å². The first-order valence-electron chi connectivity index (χ1n) is 11.8. The number of nitro benzene ring substituents is 1. The number of rotatable bonds is 8. The molecule has 0 radical (unpaired) electrons. The maximum atomic E-state index is 13.0. The fraction of sp³-hybridized carbons (Fsp3) is 0.667. The Morgan fingerprint density at radius 2 is 1.79 bits per heavy atom. The van der Waals surface area contributed by atoms with Crippen LogP contribution in [-0.2, 0) is 4.79 Å². The Hall–Kier alpha value is -2.68. The predicted molar refractivity (Wildman–Crippen MR) is 129 cm³/mol. The van der Waals surface area contributed by atoms with Gasteiger partial charge in [0.25, 0.3) is 11.6 Å². The third-order valence-electron chi connectivity index (χ3n) is 6.50. The Morgan fingerprint density at radius 1 is 1.15 bits per heavy atom. The molecule has 2 aliphatic heterocycles. The van der Waals surface area contributed by atoms with Crippen LogP contribution in [0, 0.1) is 21.4 Å². The van der Waals surface area contributed by atoms with Crippen molar-refractivity contribution >= 4 is 23.2 Å². The van der Waals surface area contributed by atoms with Crippen LogP contribution < -0.4 is 10.2 Å². The van der Waals surface area contributed by atoms with Crippen LogP contribution in [0.2, 0.25) is 0 Å². The van der Waals surface area contributed by atoms with Crippen molar-refractivity contribution in [3.05, 3.63) is 33.9 Å². The summed E-state index contributed by atoms with van der Waals surface area (Å²) >= 11 is 0. The molecule has 1 aromatic rings. The highest BCUT2D eigenvalue weighted by Crippen LogP contribution is 2.32. The van der Waals surface area contributed by atoms with Gasteiger partial charge in [0.1, 0.15) is 5.69 Å². The molecule has 2 heterocycles. The Bertz CT molecular complexity index is 872. The lowest BCUT2D eigenvalue weighted by Gasteiger charge is -2.33. The van der Waals surface area contributed by atoms with Crippen LogP contribution in [0.15, 0.2) is 18.2 Å². The Kier molecular flexibility index (Phi) is 7.94. The van der Waals surface area contributed by atoms with Crippen LogP contribution in [0.25, 0.3) is 0 Å². The maximum absolute atomic E-state index is 13.0. The van der Waals surface area contributed by atoms with Crippen molar-refractivity contribution in [2.75, 3.05) is 58.3 Å². The normalized spacial score (nSPS) is 17.5. The van der Waals surface area contributed by atoms with Crippen LogP contribution >= 0.6 is 0 Å². The molecule has 0 aliphatic carbocycles. The second-order valence-electron chi connectivity index (χ2n) is 10.3. The lowest BCUT2D eigenvalue weighted by atomic mass is 9.91. The number of hydrogen-bond acceptors (Lipinski definition) is 6. The van der Waals surface area contributed by atoms with E-state index in [4.69, 9.17) is 0 Å². The number of benzene rings is 1. The molecular formula is C24H37N5O4. The highest BCUT2D eigenvalue weighted by Gasteiger charge is 2.30. The van der Waals surface area contributed by atoms with Crippen molar-refractivity contribution in [1.82, 2.24) is 15.1 Å². The van der Waals surface area contributed by atoms with Crippen molar-refractivity contribution in [2.45, 2.75) is 39.5 Å². The molecule has 33 heavy (non-hydrogen) atoms. The lowest BCUT2D eigenvalue weighted by molar-refractivity contribution is -0.384. The van der Waals surface area contributed by atoms with Gasteiger partial charge in [-0.15, -0.1) is 0 Å². The van der Waals surface area contributed by atoms with Crippen LogP contribution in [0.4, 0.5) is 11.4 Å². The van der Waals surface area contributed by atoms with Crippen molar-refractivity contribution in [2.24, 2.45) is 11.3 Å². The van der Waals surface area contributed by atoms with Gasteiger partial charge in [-0.25, -0.2) is 0 Å². The van der Waals surface area contributed by atoms with E-state index in [1.165, 1.54) is 6.07 Å². The molecule has 9 heteroatoms. The summed E-state index contributed by atoms with van der Waals surface area (Å²) < 4.78 is 0. The fourth-order valence-corrected chi connectivity index (χ4v) is 4.94. The monoisotopic (exact) mass is 459 g/mol. The van der Waals surface area contributed by atoms with E-state index in [9.17, 15) is 19.7 Å². The van der Waals surface area contributed by atoms with E-state index >= 15 is 0 Å². The topological polar surface area (TPSA) is 99.0 Å². The number of amides is 2. The molecular weight excluding hydrogens is 422 g/mol. The summed E-state index contributed by atoms with van der Waals surface area (Å²) in [6.07, 6.45) is 3.24. The van der Waals surface area contributed by atoms with Gasteiger partial charge in [0, 0.05) is 56.8 Å². The fourth-order valence-electron chi connectivity index (χ4n) is 4.94. The largest absolute Gasteiger partial charge is 0.366 e. The number of likely N-dealkylation sites (tertiary alicyclic amines) is 1. The zero-order chi connectivity index (χ0) is 24.2. The number of nitrogens with one attached hydrogen (secondary N) is 1. The minimum atomic E-state index is -0.404. The van der Waals surface area contributed by atoms with Gasteiger partial charge in [0.15, 0.2) is 0 Å². The molecule has 182 valence electrons. The van der Waals surface area contributed by atoms with E-state index in [0.717, 1.165) is 32.5 Å². The second kappa shape index (κ2) is 10.5. The predicted octanol–water partition coefficient (Wildman–Crippen LogP) is 2.75. The molecule has 0 unspecified atom stereocenters. The van der Waals surface area contributed by atoms with Crippen LogP contribution in [0.5, 0.6) is 0 Å². The SMILES string of the molecule is CN(C)CC(C)(C)CNC(=O)C1CCN(C(=O)c2ccc(N3CCCC3)c([N+](=O)[O-])c2)CC1. The molecule has 2 amide bonds. The van der Waals surface area contributed by atoms with Gasteiger partial charge < -0.3 is 20.0 Å². The summed E-state index contributed by atoms with van der Waals surface area (Å²) in [5.74, 6) is -0.285. The molecule has 1 aromatic carbocycles. The molecule has 2 saturated heterocycles.